The van der Waals surface area contributed by atoms with Gasteiger partial charge in [0.2, 0.25) is 6.29 Å². The minimum Gasteiger partial charge on any atom is -0.460 e. The first-order chi connectivity index (χ1) is 13.3. The van der Waals surface area contributed by atoms with E-state index in [0.717, 1.165) is 47.4 Å². The van der Waals surface area contributed by atoms with Crippen LogP contribution in [0.2, 0.25) is 0 Å². The Labute approximate surface area is 159 Å². The van der Waals surface area contributed by atoms with Gasteiger partial charge in [-0.15, -0.1) is 0 Å². The summed E-state index contributed by atoms with van der Waals surface area (Å²) in [4.78, 5) is 13.6. The highest BCUT2D eigenvalue weighted by atomic mass is 16.7. The maximum atomic E-state index is 6.18. The first-order valence-electron chi connectivity index (χ1n) is 9.49. The Morgan fingerprint density at radius 2 is 2.07 bits per heavy atom. The van der Waals surface area contributed by atoms with E-state index in [9.17, 15) is 0 Å². The van der Waals surface area contributed by atoms with E-state index in [2.05, 4.69) is 42.0 Å². The molecule has 1 atom stereocenters. The van der Waals surface area contributed by atoms with Crippen molar-refractivity contribution in [1.82, 2.24) is 15.0 Å². The Kier molecular flexibility index (Phi) is 5.12. The van der Waals surface area contributed by atoms with Crippen LogP contribution in [0.3, 0.4) is 0 Å². The average Bonchev–Trinajstić information content (AvgIpc) is 2.73. The molecule has 0 radical (unpaired) electrons. The number of aryl methyl sites for hydroxylation is 1. The predicted molar refractivity (Wildman–Crippen MR) is 104 cm³/mol. The molecule has 1 aromatic carbocycles. The maximum absolute atomic E-state index is 6.18. The van der Waals surface area contributed by atoms with E-state index in [-0.39, 0.29) is 0 Å². The summed E-state index contributed by atoms with van der Waals surface area (Å²) in [5.74, 6) is 1.47. The molecule has 3 aromatic rings. The third-order valence-electron chi connectivity index (χ3n) is 4.70. The summed E-state index contributed by atoms with van der Waals surface area (Å²) in [5.41, 5.74) is 4.84. The zero-order valence-electron chi connectivity index (χ0n) is 15.7. The van der Waals surface area contributed by atoms with Crippen molar-refractivity contribution >= 4 is 0 Å². The lowest BCUT2D eigenvalue weighted by Crippen LogP contribution is -2.19. The Hall–Kier alpha value is -2.79. The third kappa shape index (κ3) is 3.55. The molecule has 27 heavy (non-hydrogen) atoms. The molecule has 5 nitrogen and oxygen atoms in total. The number of aromatic nitrogens is 3. The van der Waals surface area contributed by atoms with Crippen LogP contribution in [0.4, 0.5) is 0 Å². The number of pyridine rings is 1. The highest BCUT2D eigenvalue weighted by Gasteiger charge is 2.29. The molecule has 0 fully saturated rings. The number of rotatable bonds is 6. The summed E-state index contributed by atoms with van der Waals surface area (Å²) in [5, 5.41) is 0. The van der Waals surface area contributed by atoms with Gasteiger partial charge in [-0.25, -0.2) is 9.97 Å². The van der Waals surface area contributed by atoms with Crippen molar-refractivity contribution in [3.05, 3.63) is 60.0 Å². The number of nitrogens with zero attached hydrogens (tertiary/aromatic N) is 3. The molecule has 0 aliphatic carbocycles. The molecule has 0 saturated heterocycles. The molecule has 138 valence electrons. The van der Waals surface area contributed by atoms with Crippen LogP contribution in [-0.4, -0.2) is 21.6 Å². The van der Waals surface area contributed by atoms with Crippen LogP contribution >= 0.6 is 0 Å². The average molecular weight is 361 g/mol. The molecule has 0 amide bonds. The van der Waals surface area contributed by atoms with Crippen molar-refractivity contribution in [2.24, 2.45) is 0 Å². The summed E-state index contributed by atoms with van der Waals surface area (Å²) >= 11 is 0. The molecule has 5 heteroatoms. The summed E-state index contributed by atoms with van der Waals surface area (Å²) in [6.45, 7) is 4.93. The Balaban J connectivity index is 1.78. The van der Waals surface area contributed by atoms with Gasteiger partial charge in [0.25, 0.3) is 0 Å². The van der Waals surface area contributed by atoms with Crippen molar-refractivity contribution < 1.29 is 9.47 Å². The minimum atomic E-state index is -0.478. The van der Waals surface area contributed by atoms with Crippen LogP contribution in [0.1, 0.15) is 44.1 Å². The molecule has 0 N–H and O–H groups in total. The Morgan fingerprint density at radius 1 is 1.15 bits per heavy atom. The first kappa shape index (κ1) is 17.6. The number of hydrogen-bond donors (Lipinski definition) is 0. The lowest BCUT2D eigenvalue weighted by atomic mass is 10.00. The van der Waals surface area contributed by atoms with E-state index in [4.69, 9.17) is 14.5 Å². The third-order valence-corrected chi connectivity index (χ3v) is 4.70. The molecule has 1 unspecified atom stereocenters. The van der Waals surface area contributed by atoms with Gasteiger partial charge in [0.05, 0.1) is 17.9 Å². The van der Waals surface area contributed by atoms with Gasteiger partial charge in [-0.2, -0.15) is 0 Å². The number of ether oxygens (including phenoxy) is 2. The molecule has 1 aliphatic rings. The zero-order chi connectivity index (χ0) is 18.6. The zero-order valence-corrected chi connectivity index (χ0v) is 15.7. The number of benzene rings is 1. The maximum Gasteiger partial charge on any atom is 0.230 e. The van der Waals surface area contributed by atoms with Crippen LogP contribution in [0, 0.1) is 0 Å². The standard InChI is InChI=1S/C22H23N3O2/c1-3-5-11-26-22-18-14-24-21(16-7-6-10-23-13-16)25-20(18)17-9-8-15(4-2)12-19(17)27-22/h6-10,12-14,22H,3-5,11H2,1-2H3. The van der Waals surface area contributed by atoms with Crippen molar-refractivity contribution in [3.63, 3.8) is 0 Å². The van der Waals surface area contributed by atoms with E-state index in [0.29, 0.717) is 12.4 Å². The largest absolute Gasteiger partial charge is 0.460 e. The molecular formula is C22H23N3O2. The lowest BCUT2D eigenvalue weighted by Gasteiger charge is -2.28. The van der Waals surface area contributed by atoms with Gasteiger partial charge in [0.1, 0.15) is 5.75 Å². The minimum absolute atomic E-state index is 0.478. The van der Waals surface area contributed by atoms with Crippen LogP contribution < -0.4 is 4.74 Å². The lowest BCUT2D eigenvalue weighted by molar-refractivity contribution is -0.0862. The second kappa shape index (κ2) is 7.84. The fraction of sp³-hybridized carbons (Fsp3) is 0.318. The van der Waals surface area contributed by atoms with Crippen LogP contribution in [0.25, 0.3) is 22.6 Å². The molecule has 2 aromatic heterocycles. The molecular weight excluding hydrogens is 338 g/mol. The number of hydrogen-bond acceptors (Lipinski definition) is 5. The van der Waals surface area contributed by atoms with E-state index >= 15 is 0 Å². The van der Waals surface area contributed by atoms with Crippen molar-refractivity contribution in [1.29, 1.82) is 0 Å². The summed E-state index contributed by atoms with van der Waals surface area (Å²) in [7, 11) is 0. The monoisotopic (exact) mass is 361 g/mol. The van der Waals surface area contributed by atoms with Gasteiger partial charge in [-0.3, -0.25) is 4.98 Å². The quantitative estimate of drug-likeness (QED) is 0.580. The Bertz CT molecular complexity index is 928. The van der Waals surface area contributed by atoms with E-state index in [1.807, 2.05) is 18.3 Å². The summed E-state index contributed by atoms with van der Waals surface area (Å²) < 4.78 is 12.2. The Morgan fingerprint density at radius 3 is 2.85 bits per heavy atom. The molecule has 3 heterocycles. The second-order valence-corrected chi connectivity index (χ2v) is 6.60. The SMILES string of the molecule is CCCCOC1Oc2cc(CC)ccc2-c2nc(-c3cccnc3)ncc21. The van der Waals surface area contributed by atoms with E-state index in [1.165, 1.54) is 5.56 Å². The number of fused-ring (bicyclic) bond motifs is 3. The molecule has 0 bridgehead atoms. The van der Waals surface area contributed by atoms with Gasteiger partial charge in [0.15, 0.2) is 5.82 Å². The summed E-state index contributed by atoms with van der Waals surface area (Å²) in [6, 6.07) is 10.1. The van der Waals surface area contributed by atoms with Crippen molar-refractivity contribution in [3.8, 4) is 28.4 Å². The summed E-state index contributed by atoms with van der Waals surface area (Å²) in [6.07, 6.45) is 7.88. The highest BCUT2D eigenvalue weighted by Crippen LogP contribution is 2.42. The highest BCUT2D eigenvalue weighted by molar-refractivity contribution is 5.74. The van der Waals surface area contributed by atoms with Crippen molar-refractivity contribution in [2.45, 2.75) is 39.4 Å². The van der Waals surface area contributed by atoms with Gasteiger partial charge in [-0.1, -0.05) is 26.3 Å². The predicted octanol–water partition coefficient (Wildman–Crippen LogP) is 4.98. The molecule has 1 aliphatic heterocycles. The van der Waals surface area contributed by atoms with Crippen LogP contribution in [0.5, 0.6) is 5.75 Å². The fourth-order valence-electron chi connectivity index (χ4n) is 3.13. The molecule has 0 saturated carbocycles. The first-order valence-corrected chi connectivity index (χ1v) is 9.49. The van der Waals surface area contributed by atoms with Crippen LogP contribution in [-0.2, 0) is 11.2 Å². The van der Waals surface area contributed by atoms with Gasteiger partial charge < -0.3 is 9.47 Å². The smallest absolute Gasteiger partial charge is 0.230 e. The normalized spacial score (nSPS) is 15.0. The topological polar surface area (TPSA) is 57.1 Å². The van der Waals surface area contributed by atoms with Gasteiger partial charge in [-0.05, 0) is 42.7 Å². The molecule has 0 spiro atoms. The van der Waals surface area contributed by atoms with Crippen molar-refractivity contribution in [2.75, 3.05) is 6.61 Å². The van der Waals surface area contributed by atoms with E-state index < -0.39 is 6.29 Å². The van der Waals surface area contributed by atoms with Gasteiger partial charge in [0, 0.05) is 29.7 Å². The van der Waals surface area contributed by atoms with E-state index in [1.54, 1.807) is 12.4 Å². The second-order valence-electron chi connectivity index (χ2n) is 6.60. The van der Waals surface area contributed by atoms with Crippen LogP contribution in [0.15, 0.2) is 48.9 Å². The fourth-order valence-corrected chi connectivity index (χ4v) is 3.13. The number of unbranched alkanes of at least 4 members (excludes halogenated alkanes) is 1. The molecule has 4 rings (SSSR count). The van der Waals surface area contributed by atoms with Gasteiger partial charge >= 0.3 is 0 Å².